The first-order valence-corrected chi connectivity index (χ1v) is 4.86. The Morgan fingerprint density at radius 3 is 2.83 bits per heavy atom. The van der Waals surface area contributed by atoms with Gasteiger partial charge >= 0.3 is 0 Å². The summed E-state index contributed by atoms with van der Waals surface area (Å²) in [4.78, 5) is 0. The Balaban J connectivity index is 0.000000336. The molecule has 2 aliphatic rings. The van der Waals surface area contributed by atoms with Crippen molar-refractivity contribution in [1.82, 2.24) is 5.32 Å². The Kier molecular flexibility index (Phi) is 3.76. The molecule has 0 aromatic rings. The van der Waals surface area contributed by atoms with Gasteiger partial charge in [-0.15, -0.1) is 0 Å². The lowest BCUT2D eigenvalue weighted by atomic mass is 9.98. The molecule has 2 unspecified atom stereocenters. The zero-order chi connectivity index (χ0) is 8.97. The van der Waals surface area contributed by atoms with Crippen LogP contribution in [0.2, 0.25) is 0 Å². The second-order valence-corrected chi connectivity index (χ2v) is 3.22. The molecule has 1 fully saturated rings. The summed E-state index contributed by atoms with van der Waals surface area (Å²) in [5.74, 6) is 0. The van der Waals surface area contributed by atoms with Gasteiger partial charge in [-0.25, -0.2) is 0 Å². The zero-order valence-corrected chi connectivity index (χ0v) is 8.26. The van der Waals surface area contributed by atoms with E-state index in [1.807, 2.05) is 13.8 Å². The molecule has 2 rings (SSSR count). The van der Waals surface area contributed by atoms with E-state index in [2.05, 4.69) is 18.3 Å². The van der Waals surface area contributed by atoms with Gasteiger partial charge in [0, 0.05) is 12.1 Å². The van der Waals surface area contributed by atoms with Crippen molar-refractivity contribution in [2.75, 3.05) is 13.2 Å². The Morgan fingerprint density at radius 1 is 1.42 bits per heavy atom. The number of hydrogen-bond acceptors (Lipinski definition) is 2. The molecule has 2 nitrogen and oxygen atoms in total. The third-order valence-corrected chi connectivity index (χ3v) is 2.12. The minimum atomic E-state index is 0.493. The van der Waals surface area contributed by atoms with Crippen LogP contribution in [0.4, 0.5) is 0 Å². The summed E-state index contributed by atoms with van der Waals surface area (Å²) in [6.07, 6.45) is 3.44. The first-order chi connectivity index (χ1) is 5.84. The molecule has 0 aromatic heterocycles. The van der Waals surface area contributed by atoms with Crippen molar-refractivity contribution in [3.8, 4) is 0 Å². The van der Waals surface area contributed by atoms with Crippen molar-refractivity contribution in [2.45, 2.75) is 39.3 Å². The second-order valence-electron chi connectivity index (χ2n) is 3.22. The van der Waals surface area contributed by atoms with E-state index in [9.17, 15) is 0 Å². The molecule has 0 radical (unpaired) electrons. The average Bonchev–Trinajstić information content (AvgIpc) is 2.07. The van der Waals surface area contributed by atoms with Gasteiger partial charge in [0.25, 0.3) is 0 Å². The molecule has 2 bridgehead atoms. The number of nitrogens with one attached hydrogen (secondary N) is 1. The van der Waals surface area contributed by atoms with Crippen molar-refractivity contribution in [3.63, 3.8) is 0 Å². The summed E-state index contributed by atoms with van der Waals surface area (Å²) < 4.78 is 5.38. The summed E-state index contributed by atoms with van der Waals surface area (Å²) in [6.45, 7) is 7.95. The highest BCUT2D eigenvalue weighted by Crippen LogP contribution is 2.16. The first-order valence-electron chi connectivity index (χ1n) is 4.86. The number of morpholine rings is 1. The van der Waals surface area contributed by atoms with E-state index in [0.29, 0.717) is 12.1 Å². The van der Waals surface area contributed by atoms with Crippen LogP contribution >= 0.6 is 0 Å². The number of rotatable bonds is 0. The monoisotopic (exact) mass is 169 g/mol. The maximum atomic E-state index is 5.38. The van der Waals surface area contributed by atoms with Crippen LogP contribution in [0, 0.1) is 0 Å². The highest BCUT2D eigenvalue weighted by atomic mass is 16.5. The summed E-state index contributed by atoms with van der Waals surface area (Å²) in [6, 6.07) is 1.08. The lowest BCUT2D eigenvalue weighted by Gasteiger charge is -2.34. The van der Waals surface area contributed by atoms with Crippen LogP contribution in [0.3, 0.4) is 0 Å². The van der Waals surface area contributed by atoms with Crippen LogP contribution in [-0.4, -0.2) is 25.3 Å². The third kappa shape index (κ3) is 2.32. The zero-order valence-electron chi connectivity index (χ0n) is 8.26. The van der Waals surface area contributed by atoms with Gasteiger partial charge in [-0.05, 0) is 13.3 Å². The first kappa shape index (κ1) is 9.75. The summed E-state index contributed by atoms with van der Waals surface area (Å²) >= 11 is 0. The fourth-order valence-corrected chi connectivity index (χ4v) is 1.75. The van der Waals surface area contributed by atoms with E-state index >= 15 is 0 Å². The van der Waals surface area contributed by atoms with Crippen molar-refractivity contribution in [1.29, 1.82) is 0 Å². The molecule has 1 N–H and O–H groups in total. The molecule has 12 heavy (non-hydrogen) atoms. The predicted octanol–water partition coefficient (Wildman–Crippen LogP) is 1.72. The molecule has 2 aliphatic heterocycles. The van der Waals surface area contributed by atoms with E-state index in [0.717, 1.165) is 19.6 Å². The average molecular weight is 169 g/mol. The fourth-order valence-electron chi connectivity index (χ4n) is 1.75. The Morgan fingerprint density at radius 2 is 2.17 bits per heavy atom. The Hall–Kier alpha value is -0.340. The molecular formula is C10H19NO. The number of fused-ring (bicyclic) bond motifs is 2. The molecule has 1 saturated heterocycles. The van der Waals surface area contributed by atoms with Gasteiger partial charge in [-0.3, -0.25) is 0 Å². The number of ether oxygens (including phenoxy) is 1. The van der Waals surface area contributed by atoms with E-state index in [1.165, 1.54) is 5.57 Å². The van der Waals surface area contributed by atoms with Crippen LogP contribution in [0.25, 0.3) is 0 Å². The summed E-state index contributed by atoms with van der Waals surface area (Å²) in [5, 5.41) is 3.48. The molecule has 0 amide bonds. The third-order valence-electron chi connectivity index (χ3n) is 2.12. The van der Waals surface area contributed by atoms with Gasteiger partial charge in [0.05, 0.1) is 13.2 Å². The molecular weight excluding hydrogens is 150 g/mol. The van der Waals surface area contributed by atoms with Crippen molar-refractivity contribution < 1.29 is 4.74 Å². The summed E-state index contributed by atoms with van der Waals surface area (Å²) in [5.41, 5.74) is 1.51. The van der Waals surface area contributed by atoms with Gasteiger partial charge in [-0.2, -0.15) is 0 Å². The van der Waals surface area contributed by atoms with Crippen molar-refractivity contribution in [3.05, 3.63) is 11.6 Å². The summed E-state index contributed by atoms with van der Waals surface area (Å²) in [7, 11) is 0. The Labute approximate surface area is 75.0 Å². The maximum absolute atomic E-state index is 5.38. The largest absolute Gasteiger partial charge is 0.378 e. The van der Waals surface area contributed by atoms with Gasteiger partial charge in [0.15, 0.2) is 0 Å². The van der Waals surface area contributed by atoms with Crippen LogP contribution in [0.1, 0.15) is 27.2 Å². The van der Waals surface area contributed by atoms with Crippen molar-refractivity contribution in [2.24, 2.45) is 0 Å². The van der Waals surface area contributed by atoms with Crippen LogP contribution < -0.4 is 5.32 Å². The molecule has 0 aromatic carbocycles. The minimum absolute atomic E-state index is 0.493. The molecule has 2 heterocycles. The predicted molar refractivity (Wildman–Crippen MR) is 51.3 cm³/mol. The lowest BCUT2D eigenvalue weighted by molar-refractivity contribution is 0.0531. The van der Waals surface area contributed by atoms with Gasteiger partial charge < -0.3 is 10.1 Å². The van der Waals surface area contributed by atoms with Crippen LogP contribution in [0.5, 0.6) is 0 Å². The van der Waals surface area contributed by atoms with Gasteiger partial charge in [-0.1, -0.05) is 25.5 Å². The van der Waals surface area contributed by atoms with Gasteiger partial charge in [0.1, 0.15) is 0 Å². The number of hydrogen-bond donors (Lipinski definition) is 1. The fraction of sp³-hybridized carbons (Fsp3) is 0.800. The normalized spacial score (nSPS) is 33.1. The van der Waals surface area contributed by atoms with E-state index < -0.39 is 0 Å². The van der Waals surface area contributed by atoms with E-state index in [1.54, 1.807) is 0 Å². The van der Waals surface area contributed by atoms with Crippen LogP contribution in [-0.2, 0) is 4.74 Å². The quantitative estimate of drug-likeness (QED) is 0.557. The molecule has 2 heteroatoms. The molecule has 0 aliphatic carbocycles. The highest BCUT2D eigenvalue weighted by Gasteiger charge is 2.23. The second kappa shape index (κ2) is 4.63. The van der Waals surface area contributed by atoms with E-state index in [-0.39, 0.29) is 0 Å². The maximum Gasteiger partial charge on any atom is 0.0656 e. The van der Waals surface area contributed by atoms with Crippen molar-refractivity contribution >= 4 is 0 Å². The highest BCUT2D eigenvalue weighted by molar-refractivity contribution is 5.12. The SMILES string of the molecule is CC.CC1=CC2COCC(C1)N2. The lowest BCUT2D eigenvalue weighted by Crippen LogP contribution is -2.50. The standard InChI is InChI=1S/C8H13NO.C2H6/c1-6-2-7-4-10-5-8(3-6)9-7;1-2/h2,7-9H,3-5H2,1H3;1-2H3. The van der Waals surface area contributed by atoms with Crippen LogP contribution in [0.15, 0.2) is 11.6 Å². The smallest absolute Gasteiger partial charge is 0.0656 e. The molecule has 70 valence electrons. The topological polar surface area (TPSA) is 21.3 Å². The minimum Gasteiger partial charge on any atom is -0.378 e. The molecule has 0 saturated carbocycles. The molecule has 2 atom stereocenters. The van der Waals surface area contributed by atoms with Gasteiger partial charge in [0.2, 0.25) is 0 Å². The Bertz CT molecular complexity index is 165. The molecule has 0 spiro atoms. The van der Waals surface area contributed by atoms with E-state index in [4.69, 9.17) is 4.74 Å².